The molecule has 0 atom stereocenters. The lowest BCUT2D eigenvalue weighted by Gasteiger charge is -2.10. The van der Waals surface area contributed by atoms with Crippen molar-refractivity contribution in [2.24, 2.45) is 0 Å². The van der Waals surface area contributed by atoms with Crippen LogP contribution in [0.5, 0.6) is 5.75 Å². The predicted molar refractivity (Wildman–Crippen MR) is 76.6 cm³/mol. The summed E-state index contributed by atoms with van der Waals surface area (Å²) in [5, 5.41) is 3.78. The van der Waals surface area contributed by atoms with Gasteiger partial charge in [-0.3, -0.25) is 0 Å². The second kappa shape index (κ2) is 5.28. The van der Waals surface area contributed by atoms with Crippen LogP contribution in [0.1, 0.15) is 0 Å². The molecule has 0 unspecified atom stereocenters. The predicted octanol–water partition coefficient (Wildman–Crippen LogP) is 2.28. The third-order valence-corrected chi connectivity index (χ3v) is 3.04. The van der Waals surface area contributed by atoms with Gasteiger partial charge in [0.05, 0.1) is 19.5 Å². The molecular weight excluding hydrogens is 273 g/mol. The van der Waals surface area contributed by atoms with Crippen LogP contribution in [0, 0.1) is 5.82 Å². The summed E-state index contributed by atoms with van der Waals surface area (Å²) in [6.45, 7) is 0. The van der Waals surface area contributed by atoms with Gasteiger partial charge in [-0.2, -0.15) is 0 Å². The largest absolute Gasteiger partial charge is 0.494 e. The van der Waals surface area contributed by atoms with Crippen molar-refractivity contribution in [2.75, 3.05) is 19.5 Å². The van der Waals surface area contributed by atoms with E-state index in [4.69, 9.17) is 4.74 Å². The van der Waals surface area contributed by atoms with Crippen molar-refractivity contribution < 1.29 is 9.13 Å². The van der Waals surface area contributed by atoms with Crippen LogP contribution in [0.2, 0.25) is 0 Å². The van der Waals surface area contributed by atoms with Crippen molar-refractivity contribution in [1.29, 1.82) is 0 Å². The average molecular weight is 285 g/mol. The molecule has 0 saturated heterocycles. The third kappa shape index (κ3) is 2.33. The third-order valence-electron chi connectivity index (χ3n) is 3.04. The van der Waals surface area contributed by atoms with Gasteiger partial charge < -0.3 is 10.1 Å². The number of halogens is 1. The fraction of sp³-hybridized carbons (Fsp3) is 0.143. The molecule has 0 fully saturated rings. The zero-order valence-corrected chi connectivity index (χ0v) is 11.5. The van der Waals surface area contributed by atoms with E-state index in [0.717, 1.165) is 17.8 Å². The van der Waals surface area contributed by atoms with Crippen LogP contribution in [0.4, 0.5) is 10.2 Å². The number of nitrogens with zero attached hydrogens (tertiary/aromatic N) is 4. The summed E-state index contributed by atoms with van der Waals surface area (Å²) in [5.74, 6) is 1.17. The van der Waals surface area contributed by atoms with Crippen molar-refractivity contribution in [1.82, 2.24) is 19.9 Å². The lowest BCUT2D eigenvalue weighted by Crippen LogP contribution is -1.98. The van der Waals surface area contributed by atoms with E-state index in [2.05, 4.69) is 25.3 Å². The van der Waals surface area contributed by atoms with Crippen LogP contribution in [-0.2, 0) is 0 Å². The van der Waals surface area contributed by atoms with Crippen LogP contribution in [-0.4, -0.2) is 34.1 Å². The van der Waals surface area contributed by atoms with Crippen LogP contribution >= 0.6 is 0 Å². The van der Waals surface area contributed by atoms with Crippen molar-refractivity contribution in [3.05, 3.63) is 36.7 Å². The second-order valence-corrected chi connectivity index (χ2v) is 4.27. The Morgan fingerprint density at radius 3 is 2.52 bits per heavy atom. The van der Waals surface area contributed by atoms with Gasteiger partial charge in [0.25, 0.3) is 0 Å². The van der Waals surface area contributed by atoms with E-state index in [0.29, 0.717) is 28.5 Å². The Morgan fingerprint density at radius 2 is 1.86 bits per heavy atom. The number of rotatable bonds is 3. The van der Waals surface area contributed by atoms with Crippen LogP contribution in [0.25, 0.3) is 22.3 Å². The molecule has 0 aliphatic heterocycles. The first-order valence-electron chi connectivity index (χ1n) is 6.21. The molecule has 2 heterocycles. The number of ether oxygens (including phenoxy) is 1. The Kier molecular flexibility index (Phi) is 3.31. The van der Waals surface area contributed by atoms with Gasteiger partial charge in [-0.25, -0.2) is 24.3 Å². The fourth-order valence-corrected chi connectivity index (χ4v) is 2.08. The Hall–Kier alpha value is -2.83. The summed E-state index contributed by atoms with van der Waals surface area (Å²) in [6, 6.07) is 3.61. The summed E-state index contributed by atoms with van der Waals surface area (Å²) < 4.78 is 18.3. The van der Waals surface area contributed by atoms with E-state index in [9.17, 15) is 4.39 Å². The Bertz CT molecular complexity index is 791. The maximum absolute atomic E-state index is 12.9. The molecule has 1 N–H and O–H groups in total. The molecule has 0 saturated carbocycles. The molecule has 0 spiro atoms. The van der Waals surface area contributed by atoms with Gasteiger partial charge in [0.1, 0.15) is 23.4 Å². The van der Waals surface area contributed by atoms with E-state index < -0.39 is 5.82 Å². The SMILES string of the molecule is CNc1ncnc2c(OC)cc(-c3ncc(F)cn3)cc12. The first kappa shape index (κ1) is 13.2. The molecule has 6 nitrogen and oxygen atoms in total. The van der Waals surface area contributed by atoms with E-state index in [1.165, 1.54) is 6.33 Å². The van der Waals surface area contributed by atoms with Crippen molar-refractivity contribution in [2.45, 2.75) is 0 Å². The Morgan fingerprint density at radius 1 is 1.10 bits per heavy atom. The normalized spacial score (nSPS) is 10.6. The molecule has 0 radical (unpaired) electrons. The van der Waals surface area contributed by atoms with Crippen molar-refractivity contribution in [3.63, 3.8) is 0 Å². The number of anilines is 1. The first-order chi connectivity index (χ1) is 10.2. The number of hydrogen-bond donors (Lipinski definition) is 1. The molecule has 3 aromatic rings. The zero-order chi connectivity index (χ0) is 14.8. The molecule has 3 rings (SSSR count). The summed E-state index contributed by atoms with van der Waals surface area (Å²) in [5.41, 5.74) is 1.38. The van der Waals surface area contributed by atoms with Crippen molar-refractivity contribution >= 4 is 16.7 Å². The summed E-state index contributed by atoms with van der Waals surface area (Å²) in [4.78, 5) is 16.4. The zero-order valence-electron chi connectivity index (χ0n) is 11.5. The molecular formula is C14H12FN5O. The molecule has 7 heteroatoms. The number of nitrogens with one attached hydrogen (secondary N) is 1. The highest BCUT2D eigenvalue weighted by molar-refractivity contribution is 5.95. The van der Waals surface area contributed by atoms with E-state index in [-0.39, 0.29) is 0 Å². The highest BCUT2D eigenvalue weighted by Gasteiger charge is 2.12. The molecule has 0 amide bonds. The number of fused-ring (bicyclic) bond motifs is 1. The standard InChI is InChI=1S/C14H12FN5O/c1-16-14-10-3-8(13-17-5-9(15)6-18-13)4-11(21-2)12(10)19-7-20-14/h3-7H,1-2H3,(H,16,19,20). The van der Waals surface area contributed by atoms with Crippen LogP contribution < -0.4 is 10.1 Å². The maximum Gasteiger partial charge on any atom is 0.159 e. The minimum Gasteiger partial charge on any atom is -0.494 e. The molecule has 2 aromatic heterocycles. The number of benzene rings is 1. The summed E-state index contributed by atoms with van der Waals surface area (Å²) in [6.07, 6.45) is 3.71. The molecule has 0 aliphatic carbocycles. The lowest BCUT2D eigenvalue weighted by molar-refractivity contribution is 0.419. The van der Waals surface area contributed by atoms with E-state index in [1.54, 1.807) is 20.2 Å². The van der Waals surface area contributed by atoms with Gasteiger partial charge in [-0.15, -0.1) is 0 Å². The average Bonchev–Trinajstić information content (AvgIpc) is 2.53. The quantitative estimate of drug-likeness (QED) is 0.796. The molecule has 106 valence electrons. The number of hydrogen-bond acceptors (Lipinski definition) is 6. The van der Waals surface area contributed by atoms with Crippen LogP contribution in [0.15, 0.2) is 30.9 Å². The summed E-state index contributed by atoms with van der Waals surface area (Å²) >= 11 is 0. The van der Waals surface area contributed by atoms with Crippen molar-refractivity contribution in [3.8, 4) is 17.1 Å². The fourth-order valence-electron chi connectivity index (χ4n) is 2.08. The first-order valence-corrected chi connectivity index (χ1v) is 6.21. The smallest absolute Gasteiger partial charge is 0.159 e. The topological polar surface area (TPSA) is 72.8 Å². The van der Waals surface area contributed by atoms with Gasteiger partial charge in [0.2, 0.25) is 0 Å². The molecule has 0 bridgehead atoms. The Labute approximate surface area is 120 Å². The maximum atomic E-state index is 12.9. The van der Waals surface area contributed by atoms with E-state index in [1.807, 2.05) is 6.07 Å². The molecule has 1 aromatic carbocycles. The lowest BCUT2D eigenvalue weighted by atomic mass is 10.1. The Balaban J connectivity index is 2.27. The van der Waals surface area contributed by atoms with Crippen LogP contribution in [0.3, 0.4) is 0 Å². The van der Waals surface area contributed by atoms with Gasteiger partial charge in [0.15, 0.2) is 11.6 Å². The minimum atomic E-state index is -0.481. The highest BCUT2D eigenvalue weighted by atomic mass is 19.1. The second-order valence-electron chi connectivity index (χ2n) is 4.27. The molecule has 0 aliphatic rings. The minimum absolute atomic E-state index is 0.405. The number of aromatic nitrogens is 4. The van der Waals surface area contributed by atoms with Gasteiger partial charge in [-0.1, -0.05) is 0 Å². The highest BCUT2D eigenvalue weighted by Crippen LogP contribution is 2.32. The van der Waals surface area contributed by atoms with Gasteiger partial charge in [0, 0.05) is 18.0 Å². The van der Waals surface area contributed by atoms with E-state index >= 15 is 0 Å². The summed E-state index contributed by atoms with van der Waals surface area (Å²) in [7, 11) is 3.33. The monoisotopic (exact) mass is 285 g/mol. The van der Waals surface area contributed by atoms with Gasteiger partial charge in [-0.05, 0) is 12.1 Å². The molecule has 21 heavy (non-hydrogen) atoms. The number of methoxy groups -OCH3 is 1. The van der Waals surface area contributed by atoms with Gasteiger partial charge >= 0.3 is 0 Å².